The number of nitrogens with two attached hydrogens (primary N) is 3. The molecule has 0 unspecified atom stereocenters. The van der Waals surface area contributed by atoms with Gasteiger partial charge in [-0.25, -0.2) is 0 Å². The van der Waals surface area contributed by atoms with E-state index in [-0.39, 0.29) is 36.4 Å². The number of benzene rings is 2. The summed E-state index contributed by atoms with van der Waals surface area (Å²) in [5.41, 5.74) is 20.4. The Hall–Kier alpha value is -4.23. The van der Waals surface area contributed by atoms with E-state index in [4.69, 9.17) is 22.6 Å². The highest BCUT2D eigenvalue weighted by atomic mass is 16.2. The molecule has 0 radical (unpaired) electrons. The van der Waals surface area contributed by atoms with Gasteiger partial charge in [0.15, 0.2) is 0 Å². The molecular formula is C29H33N7O3. The summed E-state index contributed by atoms with van der Waals surface area (Å²) in [5.74, 6) is -0.850. The van der Waals surface area contributed by atoms with Crippen LogP contribution in [0.3, 0.4) is 0 Å². The summed E-state index contributed by atoms with van der Waals surface area (Å²) in [6, 6.07) is 12.2. The summed E-state index contributed by atoms with van der Waals surface area (Å²) in [4.78, 5) is 38.7. The highest BCUT2D eigenvalue weighted by Crippen LogP contribution is 2.47. The minimum Gasteiger partial charge on any atom is -0.387 e. The van der Waals surface area contributed by atoms with E-state index in [2.05, 4.69) is 11.4 Å². The van der Waals surface area contributed by atoms with Crippen molar-refractivity contribution in [1.82, 2.24) is 10.2 Å². The number of primary amides is 2. The molecule has 39 heavy (non-hydrogen) atoms. The number of nitrogens with one attached hydrogen (secondary N) is 2. The number of rotatable bonds is 8. The van der Waals surface area contributed by atoms with Crippen molar-refractivity contribution in [2.24, 2.45) is 23.1 Å². The SMILES string of the molecule is C[C@@H](CC1(C(=N)N)c2ccc(C(N)=O)cc2CCc2cc(C(N)=O)ccc21)NCC(=O)N1[C@H](C#N)C[C@@H]2C[C@@H]21. The average molecular weight is 528 g/mol. The van der Waals surface area contributed by atoms with E-state index in [1.165, 1.54) is 0 Å². The Balaban J connectivity index is 1.50. The van der Waals surface area contributed by atoms with Gasteiger partial charge in [0.2, 0.25) is 17.7 Å². The number of nitriles is 1. The number of amides is 3. The molecule has 202 valence electrons. The van der Waals surface area contributed by atoms with Crippen LogP contribution in [0.1, 0.15) is 69.2 Å². The fourth-order valence-electron chi connectivity index (χ4n) is 6.59. The second-order valence-electron chi connectivity index (χ2n) is 11.0. The van der Waals surface area contributed by atoms with Gasteiger partial charge in [-0.3, -0.25) is 19.8 Å². The van der Waals surface area contributed by atoms with Gasteiger partial charge in [-0.1, -0.05) is 12.1 Å². The number of hydrogen-bond acceptors (Lipinski definition) is 6. The first-order valence-corrected chi connectivity index (χ1v) is 13.2. The zero-order chi connectivity index (χ0) is 28.1. The Kier molecular flexibility index (Phi) is 6.64. The Morgan fingerprint density at radius 1 is 1.05 bits per heavy atom. The molecule has 0 bridgehead atoms. The highest BCUT2D eigenvalue weighted by molar-refractivity contribution is 5.97. The quantitative estimate of drug-likeness (QED) is 0.252. The van der Waals surface area contributed by atoms with Crippen molar-refractivity contribution in [3.05, 3.63) is 69.8 Å². The van der Waals surface area contributed by atoms with Crippen molar-refractivity contribution >= 4 is 23.6 Å². The lowest BCUT2D eigenvalue weighted by molar-refractivity contribution is -0.131. The van der Waals surface area contributed by atoms with Gasteiger partial charge in [0.1, 0.15) is 11.9 Å². The van der Waals surface area contributed by atoms with E-state index in [0.29, 0.717) is 36.3 Å². The Bertz CT molecular complexity index is 1360. The molecule has 10 nitrogen and oxygen atoms in total. The van der Waals surface area contributed by atoms with Gasteiger partial charge in [0.25, 0.3) is 0 Å². The number of carbonyl (C=O) groups is 3. The predicted molar refractivity (Wildman–Crippen MR) is 145 cm³/mol. The Labute approximate surface area is 227 Å². The van der Waals surface area contributed by atoms with Gasteiger partial charge >= 0.3 is 0 Å². The number of likely N-dealkylation sites (tertiary alicyclic amines) is 1. The Morgan fingerprint density at radius 2 is 1.62 bits per heavy atom. The third-order valence-corrected chi connectivity index (χ3v) is 8.58. The summed E-state index contributed by atoms with van der Waals surface area (Å²) in [5, 5.41) is 21.6. The molecule has 0 spiro atoms. The average Bonchev–Trinajstić information content (AvgIpc) is 3.60. The lowest BCUT2D eigenvalue weighted by atomic mass is 9.67. The fraction of sp³-hybridized carbons (Fsp3) is 0.414. The van der Waals surface area contributed by atoms with Crippen LogP contribution in [0.5, 0.6) is 0 Å². The van der Waals surface area contributed by atoms with E-state index < -0.39 is 17.2 Å². The van der Waals surface area contributed by atoms with E-state index >= 15 is 0 Å². The van der Waals surface area contributed by atoms with E-state index in [1.807, 2.05) is 6.92 Å². The molecule has 1 aliphatic heterocycles. The van der Waals surface area contributed by atoms with Crippen molar-refractivity contribution in [3.63, 3.8) is 0 Å². The molecule has 10 heteroatoms. The molecule has 8 N–H and O–H groups in total. The number of piperidine rings is 1. The molecule has 1 saturated heterocycles. The molecule has 5 rings (SSSR count). The fourth-order valence-corrected chi connectivity index (χ4v) is 6.59. The Morgan fingerprint density at radius 3 is 2.10 bits per heavy atom. The van der Waals surface area contributed by atoms with Crippen LogP contribution in [0.25, 0.3) is 0 Å². The summed E-state index contributed by atoms with van der Waals surface area (Å²) in [6.07, 6.45) is 3.14. The second-order valence-corrected chi connectivity index (χ2v) is 11.0. The zero-order valence-corrected chi connectivity index (χ0v) is 21.9. The van der Waals surface area contributed by atoms with Crippen LogP contribution in [0, 0.1) is 22.7 Å². The molecule has 4 atom stereocenters. The minimum absolute atomic E-state index is 0.0670. The topological polar surface area (TPSA) is 192 Å². The molecule has 3 aliphatic rings. The monoisotopic (exact) mass is 527 g/mol. The predicted octanol–water partition coefficient (Wildman–Crippen LogP) is 1.09. The lowest BCUT2D eigenvalue weighted by Gasteiger charge is -2.38. The number of fused-ring (bicyclic) bond motifs is 3. The third kappa shape index (κ3) is 4.53. The first-order valence-electron chi connectivity index (χ1n) is 13.2. The highest BCUT2D eigenvalue weighted by Gasteiger charge is 2.54. The van der Waals surface area contributed by atoms with Gasteiger partial charge < -0.3 is 27.4 Å². The number of carbonyl (C=O) groups excluding carboxylic acids is 3. The van der Waals surface area contributed by atoms with Gasteiger partial charge in [0.05, 0.1) is 18.0 Å². The molecule has 3 amide bonds. The largest absolute Gasteiger partial charge is 0.387 e. The van der Waals surface area contributed by atoms with Crippen molar-refractivity contribution < 1.29 is 14.4 Å². The van der Waals surface area contributed by atoms with E-state index in [0.717, 1.165) is 35.1 Å². The number of hydrogen-bond donors (Lipinski definition) is 5. The first-order chi connectivity index (χ1) is 18.6. The van der Waals surface area contributed by atoms with Gasteiger partial charge in [-0.15, -0.1) is 0 Å². The lowest BCUT2D eigenvalue weighted by Crippen LogP contribution is -2.49. The summed E-state index contributed by atoms with van der Waals surface area (Å²) in [7, 11) is 0. The molecule has 2 aliphatic carbocycles. The summed E-state index contributed by atoms with van der Waals surface area (Å²) in [6.45, 7) is 2.00. The minimum atomic E-state index is -1.09. The van der Waals surface area contributed by atoms with Crippen molar-refractivity contribution in [1.29, 1.82) is 10.7 Å². The van der Waals surface area contributed by atoms with Crippen LogP contribution in [-0.4, -0.2) is 53.1 Å². The van der Waals surface area contributed by atoms with Crippen molar-refractivity contribution in [3.8, 4) is 6.07 Å². The number of amidine groups is 1. The van der Waals surface area contributed by atoms with Crippen molar-refractivity contribution in [2.45, 2.75) is 62.6 Å². The van der Waals surface area contributed by atoms with Crippen LogP contribution >= 0.6 is 0 Å². The molecule has 0 aromatic heterocycles. The maximum atomic E-state index is 13.1. The van der Waals surface area contributed by atoms with Crippen LogP contribution in [-0.2, 0) is 23.1 Å². The van der Waals surface area contributed by atoms with Crippen molar-refractivity contribution in [2.75, 3.05) is 6.54 Å². The van der Waals surface area contributed by atoms with Crippen LogP contribution in [0.4, 0.5) is 0 Å². The number of nitrogens with zero attached hydrogens (tertiary/aromatic N) is 2. The third-order valence-electron chi connectivity index (χ3n) is 8.58. The van der Waals surface area contributed by atoms with E-state index in [9.17, 15) is 19.6 Å². The maximum absolute atomic E-state index is 13.1. The van der Waals surface area contributed by atoms with Gasteiger partial charge in [-0.05, 0) is 91.5 Å². The normalized spacial score (nSPS) is 22.9. The molecule has 1 saturated carbocycles. The maximum Gasteiger partial charge on any atom is 0.248 e. The summed E-state index contributed by atoms with van der Waals surface area (Å²) >= 11 is 0. The molecule has 2 aromatic rings. The first kappa shape index (κ1) is 26.4. The summed E-state index contributed by atoms with van der Waals surface area (Å²) < 4.78 is 0. The molecule has 1 heterocycles. The van der Waals surface area contributed by atoms with Gasteiger partial charge in [0, 0.05) is 23.2 Å². The van der Waals surface area contributed by atoms with Gasteiger partial charge in [-0.2, -0.15) is 5.26 Å². The van der Waals surface area contributed by atoms with E-state index in [1.54, 1.807) is 41.3 Å². The van der Waals surface area contributed by atoms with Crippen LogP contribution in [0.2, 0.25) is 0 Å². The molecule has 2 aromatic carbocycles. The second kappa shape index (κ2) is 9.82. The number of aryl methyl sites for hydroxylation is 2. The zero-order valence-electron chi connectivity index (χ0n) is 21.9. The standard InChI is InChI=1S/C29H33N7O3/c1-15(35-14-25(37)36-21(13-30)10-20-11-24(20)36)12-29(28(33)34)22-6-4-18(26(31)38)8-16(22)2-3-17-9-19(27(32)39)5-7-23(17)29/h4-9,15,20-21,24,35H,2-3,10-12,14H2,1H3,(H2,31,38)(H2,32,39)(H3,33,34)/t15-,20+,21-,24-/m0/s1. The molecule has 2 fully saturated rings. The molecular weight excluding hydrogens is 494 g/mol. The van der Waals surface area contributed by atoms with Crippen LogP contribution < -0.4 is 22.5 Å². The van der Waals surface area contributed by atoms with Crippen LogP contribution in [0.15, 0.2) is 36.4 Å². The smallest absolute Gasteiger partial charge is 0.248 e.